The Labute approximate surface area is 109 Å². The number of hydrogen-bond donors (Lipinski definition) is 2. The number of hydrazine groups is 1. The van der Waals surface area contributed by atoms with Gasteiger partial charge in [-0.1, -0.05) is 20.8 Å². The van der Waals surface area contributed by atoms with E-state index in [1.807, 2.05) is 6.07 Å². The highest BCUT2D eigenvalue weighted by atomic mass is 15.3. The number of nitrogens with one attached hydrogen (secondary N) is 1. The molecule has 0 atom stereocenters. The molecule has 0 unspecified atom stereocenters. The molecule has 5 nitrogen and oxygen atoms in total. The van der Waals surface area contributed by atoms with Crippen molar-refractivity contribution in [1.82, 2.24) is 9.97 Å². The normalized spacial score (nSPS) is 18.8. The van der Waals surface area contributed by atoms with Gasteiger partial charge in [-0.3, -0.25) is 0 Å². The van der Waals surface area contributed by atoms with E-state index in [1.54, 1.807) is 0 Å². The summed E-state index contributed by atoms with van der Waals surface area (Å²) in [7, 11) is 0. The second-order valence-corrected chi connectivity index (χ2v) is 5.71. The number of nitrogens with zero attached hydrogens (tertiary/aromatic N) is 3. The zero-order valence-electron chi connectivity index (χ0n) is 11.5. The maximum atomic E-state index is 5.47. The van der Waals surface area contributed by atoms with Crippen LogP contribution in [0.1, 0.15) is 39.4 Å². The second-order valence-electron chi connectivity index (χ2n) is 5.71. The summed E-state index contributed by atoms with van der Waals surface area (Å²) >= 11 is 0. The Bertz CT molecular complexity index is 394. The summed E-state index contributed by atoms with van der Waals surface area (Å²) in [5, 5.41) is 0. The molecule has 1 aromatic rings. The van der Waals surface area contributed by atoms with E-state index in [0.717, 1.165) is 31.2 Å². The molecule has 1 aliphatic rings. The lowest BCUT2D eigenvalue weighted by Crippen LogP contribution is -2.40. The molecule has 5 heteroatoms. The molecule has 18 heavy (non-hydrogen) atoms. The standard InChI is InChI=1S/C13H23N5/c1-4-10-15-11(17-14)8-12(16-10)18-7-5-6-13(2,3)9-18/h8H,4-7,9,14H2,1-3H3,(H,15,16,17). The molecule has 1 aromatic heterocycles. The highest BCUT2D eigenvalue weighted by molar-refractivity contribution is 5.49. The third-order valence-corrected chi connectivity index (χ3v) is 3.45. The molecule has 0 saturated carbocycles. The Hall–Kier alpha value is -1.36. The van der Waals surface area contributed by atoms with E-state index in [2.05, 4.69) is 41.1 Å². The highest BCUT2D eigenvalue weighted by Crippen LogP contribution is 2.31. The van der Waals surface area contributed by atoms with Crippen molar-refractivity contribution in [2.75, 3.05) is 23.4 Å². The van der Waals surface area contributed by atoms with Gasteiger partial charge in [-0.15, -0.1) is 0 Å². The maximum absolute atomic E-state index is 5.47. The van der Waals surface area contributed by atoms with E-state index in [0.29, 0.717) is 11.2 Å². The predicted molar refractivity (Wildman–Crippen MR) is 74.4 cm³/mol. The van der Waals surface area contributed by atoms with Crippen molar-refractivity contribution in [3.63, 3.8) is 0 Å². The molecule has 0 radical (unpaired) electrons. The minimum Gasteiger partial charge on any atom is -0.356 e. The van der Waals surface area contributed by atoms with Gasteiger partial charge in [0.1, 0.15) is 17.5 Å². The molecule has 0 aromatic carbocycles. The first kappa shape index (κ1) is 13.1. The molecule has 2 heterocycles. The van der Waals surface area contributed by atoms with Gasteiger partial charge in [-0.05, 0) is 18.3 Å². The molecule has 3 N–H and O–H groups in total. The lowest BCUT2D eigenvalue weighted by molar-refractivity contribution is 0.292. The quantitative estimate of drug-likeness (QED) is 0.633. The second kappa shape index (κ2) is 5.10. The Morgan fingerprint density at radius 2 is 2.22 bits per heavy atom. The molecule has 0 bridgehead atoms. The van der Waals surface area contributed by atoms with Crippen LogP contribution in [-0.4, -0.2) is 23.1 Å². The minimum atomic E-state index is 0.353. The van der Waals surface area contributed by atoms with Gasteiger partial charge >= 0.3 is 0 Å². The number of nitrogen functional groups attached to an aromatic ring is 1. The average Bonchev–Trinajstić information content (AvgIpc) is 2.37. The Morgan fingerprint density at radius 3 is 2.83 bits per heavy atom. The maximum Gasteiger partial charge on any atom is 0.145 e. The summed E-state index contributed by atoms with van der Waals surface area (Å²) in [4.78, 5) is 11.3. The van der Waals surface area contributed by atoms with Gasteiger partial charge in [0.2, 0.25) is 0 Å². The molecule has 2 rings (SSSR count). The fourth-order valence-electron chi connectivity index (χ4n) is 2.50. The first-order valence-electron chi connectivity index (χ1n) is 6.63. The summed E-state index contributed by atoms with van der Waals surface area (Å²) < 4.78 is 0. The molecule has 1 saturated heterocycles. The van der Waals surface area contributed by atoms with Crippen LogP contribution in [0.15, 0.2) is 6.07 Å². The van der Waals surface area contributed by atoms with E-state index in [-0.39, 0.29) is 0 Å². The SMILES string of the molecule is CCc1nc(NN)cc(N2CCCC(C)(C)C2)n1. The first-order chi connectivity index (χ1) is 8.54. The fraction of sp³-hybridized carbons (Fsp3) is 0.692. The summed E-state index contributed by atoms with van der Waals surface area (Å²) in [6, 6.07) is 1.93. The van der Waals surface area contributed by atoms with Gasteiger partial charge in [0.15, 0.2) is 0 Å². The summed E-state index contributed by atoms with van der Waals surface area (Å²) in [6.45, 7) is 8.77. The summed E-state index contributed by atoms with van der Waals surface area (Å²) in [5.74, 6) is 7.99. The summed E-state index contributed by atoms with van der Waals surface area (Å²) in [6.07, 6.45) is 3.31. The van der Waals surface area contributed by atoms with E-state index < -0.39 is 0 Å². The van der Waals surface area contributed by atoms with Gasteiger partial charge in [-0.2, -0.15) is 0 Å². The number of nitrogens with two attached hydrogens (primary N) is 1. The Kier molecular flexibility index (Phi) is 3.71. The van der Waals surface area contributed by atoms with Crippen molar-refractivity contribution in [1.29, 1.82) is 0 Å². The Balaban J connectivity index is 2.26. The molecule has 0 amide bonds. The lowest BCUT2D eigenvalue weighted by Gasteiger charge is -2.38. The van der Waals surface area contributed by atoms with E-state index >= 15 is 0 Å². The molecule has 100 valence electrons. The van der Waals surface area contributed by atoms with Crippen LogP contribution in [0.2, 0.25) is 0 Å². The van der Waals surface area contributed by atoms with Crippen molar-refractivity contribution >= 4 is 11.6 Å². The molecule has 1 aliphatic heterocycles. The lowest BCUT2D eigenvalue weighted by atomic mass is 9.84. The van der Waals surface area contributed by atoms with Crippen LogP contribution in [0.5, 0.6) is 0 Å². The number of aryl methyl sites for hydroxylation is 1. The van der Waals surface area contributed by atoms with Crippen LogP contribution in [-0.2, 0) is 6.42 Å². The molecule has 1 fully saturated rings. The third kappa shape index (κ3) is 2.90. The third-order valence-electron chi connectivity index (χ3n) is 3.45. The smallest absolute Gasteiger partial charge is 0.145 e. The van der Waals surface area contributed by atoms with E-state index in [1.165, 1.54) is 12.8 Å². The monoisotopic (exact) mass is 249 g/mol. The molecule has 0 aliphatic carbocycles. The van der Waals surface area contributed by atoms with Crippen LogP contribution in [0.3, 0.4) is 0 Å². The zero-order chi connectivity index (χ0) is 13.2. The highest BCUT2D eigenvalue weighted by Gasteiger charge is 2.27. The number of rotatable bonds is 3. The van der Waals surface area contributed by atoms with Crippen molar-refractivity contribution < 1.29 is 0 Å². The predicted octanol–water partition coefficient (Wildman–Crippen LogP) is 1.95. The van der Waals surface area contributed by atoms with Gasteiger partial charge in [-0.25, -0.2) is 15.8 Å². The summed E-state index contributed by atoms with van der Waals surface area (Å²) in [5.41, 5.74) is 2.98. The molecular weight excluding hydrogens is 226 g/mol. The van der Waals surface area contributed by atoms with Crippen molar-refractivity contribution in [2.45, 2.75) is 40.0 Å². The van der Waals surface area contributed by atoms with Crippen LogP contribution in [0, 0.1) is 5.41 Å². The van der Waals surface area contributed by atoms with Crippen molar-refractivity contribution in [3.05, 3.63) is 11.9 Å². The van der Waals surface area contributed by atoms with Crippen LogP contribution < -0.4 is 16.2 Å². The molecular formula is C13H23N5. The Morgan fingerprint density at radius 1 is 1.44 bits per heavy atom. The topological polar surface area (TPSA) is 67.1 Å². The zero-order valence-corrected chi connectivity index (χ0v) is 11.5. The number of aromatic nitrogens is 2. The van der Waals surface area contributed by atoms with E-state index in [9.17, 15) is 0 Å². The van der Waals surface area contributed by atoms with Crippen molar-refractivity contribution in [3.8, 4) is 0 Å². The first-order valence-corrected chi connectivity index (χ1v) is 6.63. The van der Waals surface area contributed by atoms with Crippen LogP contribution in [0.25, 0.3) is 0 Å². The number of piperidine rings is 1. The number of hydrogen-bond acceptors (Lipinski definition) is 5. The minimum absolute atomic E-state index is 0.353. The van der Waals surface area contributed by atoms with Crippen molar-refractivity contribution in [2.24, 2.45) is 11.3 Å². The van der Waals surface area contributed by atoms with E-state index in [4.69, 9.17) is 5.84 Å². The molecule has 0 spiro atoms. The van der Waals surface area contributed by atoms with Gasteiger partial charge in [0.25, 0.3) is 0 Å². The average molecular weight is 249 g/mol. The van der Waals surface area contributed by atoms with Crippen LogP contribution in [0.4, 0.5) is 11.6 Å². The fourth-order valence-corrected chi connectivity index (χ4v) is 2.50. The van der Waals surface area contributed by atoms with Gasteiger partial charge in [0.05, 0.1) is 0 Å². The van der Waals surface area contributed by atoms with Gasteiger partial charge in [0, 0.05) is 25.6 Å². The number of anilines is 2. The largest absolute Gasteiger partial charge is 0.356 e. The van der Waals surface area contributed by atoms with Gasteiger partial charge < -0.3 is 10.3 Å². The van der Waals surface area contributed by atoms with Crippen LogP contribution >= 0.6 is 0 Å².